The molecule has 6 atom stereocenters. The maximum Gasteiger partial charge on any atom is 0.260 e. The third-order valence-corrected chi connectivity index (χ3v) is 10.9. The number of benzene rings is 3. The molecule has 4 amide bonds. The second-order valence-electron chi connectivity index (χ2n) is 13.0. The van der Waals surface area contributed by atoms with Crippen LogP contribution in [0.2, 0.25) is 5.02 Å². The van der Waals surface area contributed by atoms with Crippen molar-refractivity contribution in [2.75, 3.05) is 26.2 Å². The number of nitrogens with zero attached hydrogens (tertiary/aromatic N) is 2. The molecule has 0 spiro atoms. The number of ether oxygens (including phenoxy) is 2. The van der Waals surface area contributed by atoms with Crippen molar-refractivity contribution in [3.05, 3.63) is 94.3 Å². The van der Waals surface area contributed by atoms with Crippen LogP contribution in [-0.2, 0) is 24.6 Å². The van der Waals surface area contributed by atoms with Gasteiger partial charge in [-0.1, -0.05) is 42.3 Å². The summed E-state index contributed by atoms with van der Waals surface area (Å²) in [5.41, 5.74) is 3.44. The lowest BCUT2D eigenvalue weighted by atomic mass is 9.49. The number of phenolic OH excluding ortho intramolecular Hbond substituents is 1. The SMILES string of the molecule is CCCN1C(=O)[C@H]2[C@H](CC=C3[C@H]2C[C@H]2C(=O)N(Nc4ccc(F)cc4)C(=O)[C@@]2(c2ccc(Cl)cc2)[C@H]3c2cc(OC)c(O)c(OC)c2)C1=O. The Balaban J connectivity index is 1.49. The smallest absolute Gasteiger partial charge is 0.260 e. The average molecular weight is 688 g/mol. The third kappa shape index (κ3) is 4.80. The maximum atomic E-state index is 15.2. The largest absolute Gasteiger partial charge is 0.502 e. The summed E-state index contributed by atoms with van der Waals surface area (Å²) in [6.45, 7) is 2.20. The minimum Gasteiger partial charge on any atom is -0.502 e. The topological polar surface area (TPSA) is 125 Å². The van der Waals surface area contributed by atoms with E-state index in [1.807, 2.05) is 13.0 Å². The minimum absolute atomic E-state index is 0.0906. The first kappa shape index (κ1) is 32.6. The molecule has 0 unspecified atom stereocenters. The second kappa shape index (κ2) is 12.2. The Labute approximate surface area is 287 Å². The van der Waals surface area contributed by atoms with Crippen molar-refractivity contribution in [1.29, 1.82) is 0 Å². The quantitative estimate of drug-likeness (QED) is 0.232. The van der Waals surface area contributed by atoms with E-state index in [9.17, 15) is 23.9 Å². The van der Waals surface area contributed by atoms with Crippen LogP contribution in [-0.4, -0.2) is 59.4 Å². The van der Waals surface area contributed by atoms with Crippen LogP contribution >= 0.6 is 11.6 Å². The van der Waals surface area contributed by atoms with Gasteiger partial charge in [-0.3, -0.25) is 29.5 Å². The second-order valence-corrected chi connectivity index (χ2v) is 13.4. The van der Waals surface area contributed by atoms with Gasteiger partial charge in [0.05, 0.1) is 43.1 Å². The van der Waals surface area contributed by atoms with E-state index in [0.29, 0.717) is 34.8 Å². The number of anilines is 1. The molecule has 3 aromatic carbocycles. The van der Waals surface area contributed by atoms with Crippen LogP contribution in [0.3, 0.4) is 0 Å². The molecule has 0 aromatic heterocycles. The van der Waals surface area contributed by atoms with Gasteiger partial charge in [0.25, 0.3) is 11.8 Å². The highest BCUT2D eigenvalue weighted by atomic mass is 35.5. The number of hydrogen-bond donors (Lipinski definition) is 2. The van der Waals surface area contributed by atoms with Crippen molar-refractivity contribution in [3.63, 3.8) is 0 Å². The standard InChI is InChI=1S/C37H35ClFN3O7/c1-4-15-41-33(44)25-14-13-24-26(30(25)35(41)46)18-27-34(45)42(40-23-11-9-22(39)10-12-23)36(47)37(27,20-5-7-21(38)8-6-20)31(24)19-16-28(48-2)32(43)29(17-19)49-3/h5-13,16-17,25-27,30-31,40,43H,4,14-15,18H2,1-3H3/t25-,26+,27-,30-,31-,37+/m0/s1. The first-order valence-electron chi connectivity index (χ1n) is 16.2. The zero-order valence-corrected chi connectivity index (χ0v) is 27.9. The van der Waals surface area contributed by atoms with E-state index in [1.54, 1.807) is 36.4 Å². The molecule has 2 aliphatic carbocycles. The number of fused-ring (bicyclic) bond motifs is 4. The lowest BCUT2D eigenvalue weighted by Gasteiger charge is -2.50. The number of hydrogen-bond acceptors (Lipinski definition) is 8. The highest BCUT2D eigenvalue weighted by molar-refractivity contribution is 6.30. The number of imide groups is 2. The summed E-state index contributed by atoms with van der Waals surface area (Å²) >= 11 is 6.34. The number of nitrogens with one attached hydrogen (secondary N) is 1. The van der Waals surface area contributed by atoms with E-state index >= 15 is 4.79 Å². The van der Waals surface area contributed by atoms with Crippen LogP contribution in [0.4, 0.5) is 10.1 Å². The Hall–Kier alpha value is -4.90. The molecule has 0 bridgehead atoms. The van der Waals surface area contributed by atoms with Crippen LogP contribution in [0.15, 0.2) is 72.3 Å². The molecule has 2 saturated heterocycles. The van der Waals surface area contributed by atoms with Gasteiger partial charge < -0.3 is 14.6 Å². The summed E-state index contributed by atoms with van der Waals surface area (Å²) in [7, 11) is 2.79. The van der Waals surface area contributed by atoms with Crippen molar-refractivity contribution in [2.45, 2.75) is 37.5 Å². The van der Waals surface area contributed by atoms with Gasteiger partial charge in [-0.15, -0.1) is 0 Å². The lowest BCUT2D eigenvalue weighted by molar-refractivity contribution is -0.141. The summed E-state index contributed by atoms with van der Waals surface area (Å²) in [5.74, 6) is -5.86. The number of methoxy groups -OCH3 is 2. The highest BCUT2D eigenvalue weighted by Gasteiger charge is 2.70. The normalized spacial score (nSPS) is 27.4. The Morgan fingerprint density at radius 2 is 1.59 bits per heavy atom. The number of amides is 4. The van der Waals surface area contributed by atoms with Crippen LogP contribution in [0.5, 0.6) is 17.2 Å². The number of likely N-dealkylation sites (tertiary alicyclic amines) is 1. The first-order valence-corrected chi connectivity index (χ1v) is 16.6. The number of halogens is 2. The van der Waals surface area contributed by atoms with E-state index in [1.165, 1.54) is 43.4 Å². The van der Waals surface area contributed by atoms with Crippen molar-refractivity contribution in [2.24, 2.45) is 23.7 Å². The number of carbonyl (C=O) groups excluding carboxylic acids is 4. The number of phenols is 1. The molecule has 2 heterocycles. The molecule has 7 rings (SSSR count). The molecular formula is C37H35ClFN3O7. The minimum atomic E-state index is -1.58. The van der Waals surface area contributed by atoms with E-state index in [0.717, 1.165) is 10.6 Å². The Kier molecular flexibility index (Phi) is 8.13. The fourth-order valence-corrected chi connectivity index (χ4v) is 8.75. The van der Waals surface area contributed by atoms with E-state index in [2.05, 4.69) is 5.43 Å². The van der Waals surface area contributed by atoms with Crippen LogP contribution < -0.4 is 14.9 Å². The van der Waals surface area contributed by atoms with Gasteiger partial charge in [-0.25, -0.2) is 4.39 Å². The molecule has 254 valence electrons. The Morgan fingerprint density at radius 3 is 2.20 bits per heavy atom. The van der Waals surface area contributed by atoms with Crippen molar-refractivity contribution in [1.82, 2.24) is 9.91 Å². The molecule has 2 N–H and O–H groups in total. The molecule has 1 saturated carbocycles. The molecule has 49 heavy (non-hydrogen) atoms. The molecule has 12 heteroatoms. The fraction of sp³-hybridized carbons (Fsp3) is 0.351. The van der Waals surface area contributed by atoms with Gasteiger partial charge in [0.15, 0.2) is 11.5 Å². The molecule has 3 aromatic rings. The summed E-state index contributed by atoms with van der Waals surface area (Å²) in [6, 6.07) is 15.3. The zero-order chi connectivity index (χ0) is 34.8. The predicted molar refractivity (Wildman–Crippen MR) is 177 cm³/mol. The van der Waals surface area contributed by atoms with Crippen LogP contribution in [0.25, 0.3) is 0 Å². The molecule has 10 nitrogen and oxygen atoms in total. The maximum absolute atomic E-state index is 15.2. The summed E-state index contributed by atoms with van der Waals surface area (Å²) in [6.07, 6.45) is 2.95. The molecule has 2 aliphatic heterocycles. The van der Waals surface area contributed by atoms with Gasteiger partial charge in [0, 0.05) is 17.5 Å². The molecule has 3 fully saturated rings. The number of aromatic hydroxyl groups is 1. The summed E-state index contributed by atoms with van der Waals surface area (Å²) in [5, 5.41) is 12.3. The zero-order valence-electron chi connectivity index (χ0n) is 27.1. The summed E-state index contributed by atoms with van der Waals surface area (Å²) in [4.78, 5) is 58.8. The molecular weight excluding hydrogens is 653 g/mol. The van der Waals surface area contributed by atoms with Crippen molar-refractivity contribution >= 4 is 40.9 Å². The van der Waals surface area contributed by atoms with Gasteiger partial charge in [-0.05, 0) is 84.8 Å². The van der Waals surface area contributed by atoms with Gasteiger partial charge in [0.1, 0.15) is 5.82 Å². The predicted octanol–water partition coefficient (Wildman–Crippen LogP) is 5.60. The monoisotopic (exact) mass is 687 g/mol. The Bertz CT molecular complexity index is 1870. The molecule has 0 radical (unpaired) electrons. The van der Waals surface area contributed by atoms with Crippen molar-refractivity contribution in [3.8, 4) is 17.2 Å². The number of carbonyl (C=O) groups is 4. The fourth-order valence-electron chi connectivity index (χ4n) is 8.62. The third-order valence-electron chi connectivity index (χ3n) is 10.6. The lowest BCUT2D eigenvalue weighted by Crippen LogP contribution is -2.53. The van der Waals surface area contributed by atoms with Crippen LogP contribution in [0.1, 0.15) is 43.2 Å². The number of hydrazine groups is 1. The molecule has 4 aliphatic rings. The van der Waals surface area contributed by atoms with Gasteiger partial charge in [0.2, 0.25) is 17.6 Å². The highest BCUT2D eigenvalue weighted by Crippen LogP contribution is 2.64. The van der Waals surface area contributed by atoms with E-state index < -0.39 is 52.6 Å². The van der Waals surface area contributed by atoms with E-state index in [-0.39, 0.29) is 41.9 Å². The van der Waals surface area contributed by atoms with Crippen LogP contribution in [0, 0.1) is 29.5 Å². The first-order chi connectivity index (χ1) is 23.6. The summed E-state index contributed by atoms with van der Waals surface area (Å²) < 4.78 is 24.9. The van der Waals surface area contributed by atoms with Gasteiger partial charge >= 0.3 is 0 Å². The number of rotatable bonds is 8. The van der Waals surface area contributed by atoms with Gasteiger partial charge in [-0.2, -0.15) is 5.01 Å². The van der Waals surface area contributed by atoms with Crippen molar-refractivity contribution < 1.29 is 38.1 Å². The average Bonchev–Trinajstić information content (AvgIpc) is 3.47. The Morgan fingerprint density at radius 1 is 0.939 bits per heavy atom. The van der Waals surface area contributed by atoms with E-state index in [4.69, 9.17) is 21.1 Å². The number of allylic oxidation sites excluding steroid dienone is 2.